The number of benzene rings is 1. The van der Waals surface area contributed by atoms with Gasteiger partial charge in [-0.3, -0.25) is 9.59 Å². The van der Waals surface area contributed by atoms with Gasteiger partial charge in [-0.2, -0.15) is 5.26 Å². The zero-order valence-corrected chi connectivity index (χ0v) is 16.6. The fraction of sp³-hybridized carbons (Fsp3) is 0.609. The van der Waals surface area contributed by atoms with Gasteiger partial charge in [0.05, 0.1) is 18.2 Å². The second kappa shape index (κ2) is 7.58. The van der Waals surface area contributed by atoms with Gasteiger partial charge in [0.15, 0.2) is 0 Å². The summed E-state index contributed by atoms with van der Waals surface area (Å²) in [5.41, 5.74) is 1.78. The SMILES string of the molecule is CN(Cc1ccc(C#N)cc1)C(=O)CNC(=O)CC12CC3CC(CC(C3)C1)C2. The summed E-state index contributed by atoms with van der Waals surface area (Å²) < 4.78 is 0. The minimum atomic E-state index is -0.0942. The van der Waals surface area contributed by atoms with Crippen LogP contribution in [0, 0.1) is 34.5 Å². The molecule has 0 radical (unpaired) electrons. The van der Waals surface area contributed by atoms with Gasteiger partial charge in [0.1, 0.15) is 0 Å². The molecule has 4 aliphatic rings. The maximum atomic E-state index is 12.6. The average Bonchev–Trinajstić information content (AvgIpc) is 2.65. The molecule has 0 spiro atoms. The highest BCUT2D eigenvalue weighted by Gasteiger charge is 2.51. The smallest absolute Gasteiger partial charge is 0.242 e. The van der Waals surface area contributed by atoms with Crippen molar-refractivity contribution in [1.82, 2.24) is 10.2 Å². The van der Waals surface area contributed by atoms with Gasteiger partial charge in [0, 0.05) is 20.0 Å². The predicted octanol–water partition coefficient (Wildman–Crippen LogP) is 3.24. The van der Waals surface area contributed by atoms with Gasteiger partial charge in [-0.05, 0) is 79.4 Å². The topological polar surface area (TPSA) is 73.2 Å². The maximum absolute atomic E-state index is 12.6. The van der Waals surface area contributed by atoms with E-state index in [1.807, 2.05) is 12.1 Å². The van der Waals surface area contributed by atoms with Crippen molar-refractivity contribution < 1.29 is 9.59 Å². The fourth-order valence-corrected chi connectivity index (χ4v) is 6.27. The highest BCUT2D eigenvalue weighted by atomic mass is 16.2. The van der Waals surface area contributed by atoms with E-state index in [0.29, 0.717) is 18.5 Å². The summed E-state index contributed by atoms with van der Waals surface area (Å²) in [4.78, 5) is 26.6. The molecule has 4 fully saturated rings. The van der Waals surface area contributed by atoms with E-state index in [1.165, 1.54) is 38.5 Å². The van der Waals surface area contributed by atoms with Crippen LogP contribution in [0.2, 0.25) is 0 Å². The van der Waals surface area contributed by atoms with Gasteiger partial charge < -0.3 is 10.2 Å². The van der Waals surface area contributed by atoms with Crippen LogP contribution in [-0.4, -0.2) is 30.3 Å². The van der Waals surface area contributed by atoms with Gasteiger partial charge in [-0.25, -0.2) is 0 Å². The zero-order chi connectivity index (χ0) is 19.7. The molecule has 1 aromatic carbocycles. The number of nitrogens with one attached hydrogen (secondary N) is 1. The van der Waals surface area contributed by atoms with Crippen LogP contribution < -0.4 is 5.32 Å². The number of hydrogen-bond donors (Lipinski definition) is 1. The van der Waals surface area contributed by atoms with E-state index in [0.717, 1.165) is 23.3 Å². The molecule has 5 rings (SSSR count). The number of rotatable bonds is 6. The van der Waals surface area contributed by atoms with Gasteiger partial charge in [-0.1, -0.05) is 12.1 Å². The Morgan fingerprint density at radius 3 is 2.21 bits per heavy atom. The minimum Gasteiger partial charge on any atom is -0.347 e. The molecule has 28 heavy (non-hydrogen) atoms. The number of nitriles is 1. The first-order valence-electron chi connectivity index (χ1n) is 10.4. The number of carbonyl (C=O) groups is 2. The van der Waals surface area contributed by atoms with Crippen molar-refractivity contribution >= 4 is 11.8 Å². The summed E-state index contributed by atoms with van der Waals surface area (Å²) in [6.45, 7) is 0.521. The first kappa shape index (κ1) is 19.0. The Morgan fingerprint density at radius 1 is 1.11 bits per heavy atom. The number of carbonyl (C=O) groups excluding carboxylic acids is 2. The van der Waals surface area contributed by atoms with Crippen molar-refractivity contribution in [3.63, 3.8) is 0 Å². The average molecular weight is 380 g/mol. The third-order valence-electron chi connectivity index (χ3n) is 7.07. The molecule has 0 aromatic heterocycles. The van der Waals surface area contributed by atoms with Crippen LogP contribution in [0.25, 0.3) is 0 Å². The summed E-state index contributed by atoms with van der Waals surface area (Å²) in [5.74, 6) is 2.43. The van der Waals surface area contributed by atoms with E-state index < -0.39 is 0 Å². The van der Waals surface area contributed by atoms with Crippen LogP contribution in [-0.2, 0) is 16.1 Å². The van der Waals surface area contributed by atoms with E-state index in [4.69, 9.17) is 5.26 Å². The second-order valence-corrected chi connectivity index (χ2v) is 9.43. The minimum absolute atomic E-state index is 0.0297. The summed E-state index contributed by atoms with van der Waals surface area (Å²) >= 11 is 0. The first-order valence-corrected chi connectivity index (χ1v) is 10.4. The lowest BCUT2D eigenvalue weighted by Gasteiger charge is -2.56. The number of likely N-dealkylation sites (N-methyl/N-ethyl adjacent to an activating group) is 1. The number of amides is 2. The Hall–Kier alpha value is -2.35. The molecule has 1 N–H and O–H groups in total. The largest absolute Gasteiger partial charge is 0.347 e. The molecule has 0 saturated heterocycles. The molecular formula is C23H29N3O2. The Morgan fingerprint density at radius 2 is 1.68 bits per heavy atom. The van der Waals surface area contributed by atoms with Crippen molar-refractivity contribution in [3.05, 3.63) is 35.4 Å². The third kappa shape index (κ3) is 4.06. The predicted molar refractivity (Wildman–Crippen MR) is 106 cm³/mol. The van der Waals surface area contributed by atoms with Crippen molar-refractivity contribution in [3.8, 4) is 6.07 Å². The van der Waals surface area contributed by atoms with Gasteiger partial charge >= 0.3 is 0 Å². The van der Waals surface area contributed by atoms with Crippen LogP contribution >= 0.6 is 0 Å². The Labute approximate surface area is 167 Å². The molecular weight excluding hydrogens is 350 g/mol. The normalized spacial score (nSPS) is 29.9. The van der Waals surface area contributed by atoms with Crippen LogP contribution in [0.5, 0.6) is 0 Å². The molecule has 5 nitrogen and oxygen atoms in total. The number of nitrogens with zero attached hydrogens (tertiary/aromatic N) is 2. The van der Waals surface area contributed by atoms with Crippen molar-refractivity contribution in [2.24, 2.45) is 23.2 Å². The van der Waals surface area contributed by atoms with E-state index in [9.17, 15) is 9.59 Å². The lowest BCUT2D eigenvalue weighted by atomic mass is 9.49. The Balaban J connectivity index is 1.25. The Kier molecular flexibility index (Phi) is 5.14. The fourth-order valence-electron chi connectivity index (χ4n) is 6.27. The first-order chi connectivity index (χ1) is 13.4. The molecule has 2 amide bonds. The molecule has 1 aromatic rings. The molecule has 4 bridgehead atoms. The van der Waals surface area contributed by atoms with Crippen molar-refractivity contribution in [2.75, 3.05) is 13.6 Å². The lowest BCUT2D eigenvalue weighted by molar-refractivity contribution is -0.135. The molecule has 0 unspecified atom stereocenters. The second-order valence-electron chi connectivity index (χ2n) is 9.43. The third-order valence-corrected chi connectivity index (χ3v) is 7.07. The molecule has 0 aliphatic heterocycles. The molecule has 0 atom stereocenters. The van der Waals surface area contributed by atoms with Gasteiger partial charge in [0.2, 0.25) is 11.8 Å². The zero-order valence-electron chi connectivity index (χ0n) is 16.6. The maximum Gasteiger partial charge on any atom is 0.242 e. The molecule has 148 valence electrons. The van der Waals surface area contributed by atoms with Crippen molar-refractivity contribution in [2.45, 2.75) is 51.5 Å². The molecule has 0 heterocycles. The number of hydrogen-bond acceptors (Lipinski definition) is 3. The van der Waals surface area contributed by atoms with Gasteiger partial charge in [0.25, 0.3) is 0 Å². The van der Waals surface area contributed by atoms with Crippen LogP contribution in [0.1, 0.15) is 56.1 Å². The monoisotopic (exact) mass is 379 g/mol. The summed E-state index contributed by atoms with van der Waals surface area (Å²) in [5, 5.41) is 11.7. The lowest BCUT2D eigenvalue weighted by Crippen LogP contribution is -2.48. The summed E-state index contributed by atoms with van der Waals surface area (Å²) in [7, 11) is 1.74. The quantitative estimate of drug-likeness (QED) is 0.825. The van der Waals surface area contributed by atoms with Crippen molar-refractivity contribution in [1.29, 1.82) is 5.26 Å². The molecule has 5 heteroatoms. The molecule has 4 aliphatic carbocycles. The Bertz CT molecular complexity index is 758. The van der Waals surface area contributed by atoms with Crippen LogP contribution in [0.3, 0.4) is 0 Å². The summed E-state index contributed by atoms with van der Waals surface area (Å²) in [6, 6.07) is 9.30. The highest BCUT2D eigenvalue weighted by molar-refractivity contribution is 5.84. The molecule has 4 saturated carbocycles. The van der Waals surface area contributed by atoms with E-state index in [1.54, 1.807) is 24.1 Å². The summed E-state index contributed by atoms with van der Waals surface area (Å²) in [6.07, 6.45) is 8.33. The van der Waals surface area contributed by atoms with Crippen LogP contribution in [0.4, 0.5) is 0 Å². The van der Waals surface area contributed by atoms with E-state index >= 15 is 0 Å². The van der Waals surface area contributed by atoms with Crippen LogP contribution in [0.15, 0.2) is 24.3 Å². The highest BCUT2D eigenvalue weighted by Crippen LogP contribution is 2.61. The standard InChI is InChI=1S/C23H29N3O2/c1-26(15-17-4-2-16(13-24)3-5-17)22(28)14-25-21(27)12-23-9-18-6-19(10-23)8-20(7-18)11-23/h2-5,18-20H,6-12,14-15H2,1H3,(H,25,27). The van der Waals surface area contributed by atoms with Gasteiger partial charge in [-0.15, -0.1) is 0 Å². The van der Waals surface area contributed by atoms with E-state index in [-0.39, 0.29) is 23.8 Å². The van der Waals surface area contributed by atoms with E-state index in [2.05, 4.69) is 11.4 Å².